The number of nitrogens with one attached hydrogen (secondary N) is 1. The fourth-order valence-corrected chi connectivity index (χ4v) is 5.48. The van der Waals surface area contributed by atoms with Crippen molar-refractivity contribution in [1.29, 1.82) is 0 Å². The van der Waals surface area contributed by atoms with Crippen LogP contribution in [0, 0.1) is 0 Å². The molecular formula is C16H18N2O3S2. The lowest BCUT2D eigenvalue weighted by atomic mass is 9.95. The molecule has 3 rings (SSSR count). The first-order chi connectivity index (χ1) is 11.0. The van der Waals surface area contributed by atoms with E-state index in [1.807, 2.05) is 31.2 Å². The monoisotopic (exact) mass is 350 g/mol. The molecule has 5 nitrogen and oxygen atoms in total. The first-order valence-corrected chi connectivity index (χ1v) is 9.76. The first kappa shape index (κ1) is 16.2. The zero-order valence-electron chi connectivity index (χ0n) is 12.7. The van der Waals surface area contributed by atoms with Crippen LogP contribution in [0.3, 0.4) is 0 Å². The average molecular weight is 350 g/mol. The predicted octanol–water partition coefficient (Wildman–Crippen LogP) is 2.00. The number of fused-ring (bicyclic) bond motifs is 1. The van der Waals surface area contributed by atoms with E-state index in [0.717, 1.165) is 11.1 Å². The van der Waals surface area contributed by atoms with Gasteiger partial charge in [0.05, 0.1) is 0 Å². The quantitative estimate of drug-likeness (QED) is 0.917. The summed E-state index contributed by atoms with van der Waals surface area (Å²) < 4.78 is 27.5. The van der Waals surface area contributed by atoms with Crippen LogP contribution in [-0.2, 0) is 27.8 Å². The third kappa shape index (κ3) is 3.04. The molecule has 1 aromatic carbocycles. The Hall–Kier alpha value is -1.70. The van der Waals surface area contributed by atoms with E-state index in [-0.39, 0.29) is 16.7 Å². The highest BCUT2D eigenvalue weighted by atomic mass is 32.2. The zero-order valence-corrected chi connectivity index (χ0v) is 14.4. The molecule has 2 heterocycles. The van der Waals surface area contributed by atoms with E-state index >= 15 is 0 Å². The van der Waals surface area contributed by atoms with Crippen molar-refractivity contribution in [1.82, 2.24) is 9.62 Å². The summed E-state index contributed by atoms with van der Waals surface area (Å²) in [5, 5.41) is 4.48. The summed E-state index contributed by atoms with van der Waals surface area (Å²) in [4.78, 5) is 12.4. The van der Waals surface area contributed by atoms with Gasteiger partial charge in [0.2, 0.25) is 5.91 Å². The number of carbonyl (C=O) groups is 1. The van der Waals surface area contributed by atoms with Crippen LogP contribution >= 0.6 is 11.3 Å². The fraction of sp³-hybridized carbons (Fsp3) is 0.312. The summed E-state index contributed by atoms with van der Waals surface area (Å²) in [7, 11) is -3.68. The van der Waals surface area contributed by atoms with Crippen molar-refractivity contribution in [2.45, 2.75) is 30.1 Å². The molecule has 0 saturated carbocycles. The Morgan fingerprint density at radius 2 is 2.00 bits per heavy atom. The molecule has 1 N–H and O–H groups in total. The molecule has 1 aliphatic rings. The Bertz CT molecular complexity index is 800. The molecule has 2 aromatic rings. The van der Waals surface area contributed by atoms with Gasteiger partial charge in [0.25, 0.3) is 10.0 Å². The summed E-state index contributed by atoms with van der Waals surface area (Å²) in [5.74, 6) is -0.248. The van der Waals surface area contributed by atoms with Crippen LogP contribution in [0.5, 0.6) is 0 Å². The van der Waals surface area contributed by atoms with Crippen molar-refractivity contribution in [2.75, 3.05) is 6.54 Å². The number of likely N-dealkylation sites (N-methyl/N-ethyl adjacent to an activating group) is 1. The number of sulfonamides is 1. The third-order valence-electron chi connectivity index (χ3n) is 3.92. The maximum absolute atomic E-state index is 12.9. The van der Waals surface area contributed by atoms with Gasteiger partial charge >= 0.3 is 0 Å². The number of nitrogens with zero attached hydrogens (tertiary/aromatic N) is 1. The van der Waals surface area contributed by atoms with Crippen molar-refractivity contribution in [2.24, 2.45) is 0 Å². The maximum atomic E-state index is 12.9. The Balaban J connectivity index is 2.03. The smallest absolute Gasteiger partial charge is 0.253 e. The minimum atomic E-state index is -3.68. The van der Waals surface area contributed by atoms with Gasteiger partial charge in [-0.25, -0.2) is 8.42 Å². The molecule has 1 atom stereocenters. The summed E-state index contributed by atoms with van der Waals surface area (Å²) in [6.07, 6.45) is 0.395. The molecule has 0 saturated heterocycles. The summed E-state index contributed by atoms with van der Waals surface area (Å²) in [5.41, 5.74) is 1.98. The SMILES string of the molecule is CCNC(=O)[C@H]1Cc2ccccc2CN1S(=O)(=O)c1cccs1. The molecule has 0 radical (unpaired) electrons. The molecule has 0 aliphatic carbocycles. The lowest BCUT2D eigenvalue weighted by Gasteiger charge is -2.34. The highest BCUT2D eigenvalue weighted by Gasteiger charge is 2.39. The number of benzene rings is 1. The Morgan fingerprint density at radius 3 is 2.65 bits per heavy atom. The molecule has 0 spiro atoms. The average Bonchev–Trinajstić information content (AvgIpc) is 3.09. The lowest BCUT2D eigenvalue weighted by molar-refractivity contribution is -0.125. The van der Waals surface area contributed by atoms with Crippen molar-refractivity contribution in [3.05, 3.63) is 52.9 Å². The predicted molar refractivity (Wildman–Crippen MR) is 89.7 cm³/mol. The van der Waals surface area contributed by atoms with Crippen molar-refractivity contribution in [3.8, 4) is 0 Å². The maximum Gasteiger partial charge on any atom is 0.253 e. The van der Waals surface area contributed by atoms with Crippen LogP contribution in [0.4, 0.5) is 0 Å². The van der Waals surface area contributed by atoms with Crippen molar-refractivity contribution < 1.29 is 13.2 Å². The molecule has 1 aliphatic heterocycles. The molecule has 1 aromatic heterocycles. The Morgan fingerprint density at radius 1 is 1.26 bits per heavy atom. The highest BCUT2D eigenvalue weighted by Crippen LogP contribution is 2.30. The van der Waals surface area contributed by atoms with Gasteiger partial charge in [0, 0.05) is 13.1 Å². The number of hydrogen-bond donors (Lipinski definition) is 1. The normalized spacial score (nSPS) is 18.4. The largest absolute Gasteiger partial charge is 0.355 e. The second kappa shape index (κ2) is 6.43. The number of thiophene rings is 1. The summed E-state index contributed by atoms with van der Waals surface area (Å²) in [6, 6.07) is 10.2. The fourth-order valence-electron chi connectivity index (χ4n) is 2.79. The topological polar surface area (TPSA) is 66.5 Å². The van der Waals surface area contributed by atoms with Gasteiger partial charge in [0.1, 0.15) is 10.3 Å². The van der Waals surface area contributed by atoms with Gasteiger partial charge in [0.15, 0.2) is 0 Å². The first-order valence-electron chi connectivity index (χ1n) is 7.44. The minimum Gasteiger partial charge on any atom is -0.355 e. The van der Waals surface area contributed by atoms with E-state index in [4.69, 9.17) is 0 Å². The number of rotatable bonds is 4. The van der Waals surface area contributed by atoms with E-state index in [0.29, 0.717) is 13.0 Å². The van der Waals surface area contributed by atoms with E-state index in [1.54, 1.807) is 17.5 Å². The molecular weight excluding hydrogens is 332 g/mol. The Labute approximate surface area is 140 Å². The van der Waals surface area contributed by atoms with Crippen LogP contribution in [0.25, 0.3) is 0 Å². The van der Waals surface area contributed by atoms with Crippen molar-refractivity contribution in [3.63, 3.8) is 0 Å². The van der Waals surface area contributed by atoms with Gasteiger partial charge in [-0.05, 0) is 35.9 Å². The zero-order chi connectivity index (χ0) is 16.4. The highest BCUT2D eigenvalue weighted by molar-refractivity contribution is 7.91. The van der Waals surface area contributed by atoms with Crippen LogP contribution in [-0.4, -0.2) is 31.2 Å². The molecule has 1 amide bonds. The van der Waals surface area contributed by atoms with E-state index < -0.39 is 16.1 Å². The van der Waals surface area contributed by atoms with Gasteiger partial charge in [-0.15, -0.1) is 11.3 Å². The number of hydrogen-bond acceptors (Lipinski definition) is 4. The van der Waals surface area contributed by atoms with Gasteiger partial charge in [-0.3, -0.25) is 4.79 Å². The van der Waals surface area contributed by atoms with E-state index in [9.17, 15) is 13.2 Å². The third-order valence-corrected chi connectivity index (χ3v) is 7.14. The summed E-state index contributed by atoms with van der Waals surface area (Å²) >= 11 is 1.17. The van der Waals surface area contributed by atoms with Gasteiger partial charge < -0.3 is 5.32 Å². The minimum absolute atomic E-state index is 0.220. The second-order valence-corrected chi connectivity index (χ2v) is 8.43. The van der Waals surface area contributed by atoms with E-state index in [1.165, 1.54) is 15.6 Å². The van der Waals surface area contributed by atoms with E-state index in [2.05, 4.69) is 5.32 Å². The standard InChI is InChI=1S/C16H18N2O3S2/c1-2-17-16(19)14-10-12-6-3-4-7-13(12)11-18(14)23(20,21)15-8-5-9-22-15/h3-9,14H,2,10-11H2,1H3,(H,17,19)/t14-/m1/s1. The Kier molecular flexibility index (Phi) is 4.52. The van der Waals surface area contributed by atoms with Crippen molar-refractivity contribution >= 4 is 27.3 Å². The number of carbonyl (C=O) groups excluding carboxylic acids is 1. The number of amides is 1. The summed E-state index contributed by atoms with van der Waals surface area (Å²) in [6.45, 7) is 2.52. The molecule has 0 fully saturated rings. The lowest BCUT2D eigenvalue weighted by Crippen LogP contribution is -2.52. The molecule has 7 heteroatoms. The molecule has 0 unspecified atom stereocenters. The van der Waals surface area contributed by atoms with Crippen LogP contribution < -0.4 is 5.32 Å². The molecule has 0 bridgehead atoms. The molecule has 122 valence electrons. The van der Waals surface area contributed by atoms with Gasteiger partial charge in [-0.2, -0.15) is 4.31 Å². The second-order valence-electron chi connectivity index (χ2n) is 5.37. The van der Waals surface area contributed by atoms with Gasteiger partial charge in [-0.1, -0.05) is 30.3 Å². The molecule has 23 heavy (non-hydrogen) atoms. The van der Waals surface area contributed by atoms with Crippen LogP contribution in [0.15, 0.2) is 46.0 Å². The van der Waals surface area contributed by atoms with Crippen LogP contribution in [0.2, 0.25) is 0 Å². The van der Waals surface area contributed by atoms with Crippen LogP contribution in [0.1, 0.15) is 18.1 Å².